The molecule has 7 heteroatoms. The molecule has 3 rings (SSSR count). The number of halogens is 1. The number of nitrogens with one attached hydrogen (secondary N) is 2. The standard InChI is InChI=1S/C19H18ClN3O3/c1-12-14(19(24)23(22-12)13-7-5-4-6-8-13)11-21-16-10-17(25-2)15(20)9-18(16)26-3/h4-11,21-22H,1H2,2-3H3/b14-11-. The van der Waals surface area contributed by atoms with Gasteiger partial charge in [0.1, 0.15) is 11.5 Å². The second-order valence-corrected chi connectivity index (χ2v) is 5.86. The molecular formula is C19H18ClN3O3. The molecular weight excluding hydrogens is 354 g/mol. The Balaban J connectivity index is 2.04. The molecule has 6 nitrogen and oxygen atoms in total. The minimum absolute atomic E-state index is 0.214. The third-order valence-electron chi connectivity index (χ3n) is 3.87. The second kappa shape index (κ2) is 7.41. The summed E-state index contributed by atoms with van der Waals surface area (Å²) in [5.41, 5.74) is 1.13. The van der Waals surface area contributed by atoms with E-state index < -0.39 is 0 Å². The topological polar surface area (TPSA) is 68.3 Å². The molecule has 26 heavy (non-hydrogen) atoms. The number of hydrogen-bond acceptors (Lipinski definition) is 4. The van der Waals surface area contributed by atoms with Crippen molar-refractivity contribution >= 4 is 30.1 Å². The second-order valence-electron chi connectivity index (χ2n) is 5.46. The van der Waals surface area contributed by atoms with Crippen molar-refractivity contribution < 1.29 is 9.47 Å². The molecule has 1 heterocycles. The van der Waals surface area contributed by atoms with Crippen LogP contribution in [0, 0.1) is 0 Å². The van der Waals surface area contributed by atoms with Gasteiger partial charge in [0.05, 0.1) is 41.2 Å². The minimum atomic E-state index is -0.214. The maximum absolute atomic E-state index is 12.7. The molecule has 0 amide bonds. The zero-order chi connectivity index (χ0) is 18.7. The highest BCUT2D eigenvalue weighted by Crippen LogP contribution is 2.35. The first-order valence-electron chi connectivity index (χ1n) is 7.78. The van der Waals surface area contributed by atoms with Crippen LogP contribution in [-0.4, -0.2) is 24.0 Å². The van der Waals surface area contributed by atoms with Crippen LogP contribution in [0.1, 0.15) is 0 Å². The Bertz CT molecular complexity index is 1090. The van der Waals surface area contributed by atoms with Crippen molar-refractivity contribution in [3.05, 3.63) is 68.4 Å². The van der Waals surface area contributed by atoms with Crippen LogP contribution in [0.25, 0.3) is 18.5 Å². The highest BCUT2D eigenvalue weighted by Gasteiger charge is 2.10. The summed E-state index contributed by atoms with van der Waals surface area (Å²) in [5.74, 6) is 1.02. The summed E-state index contributed by atoms with van der Waals surface area (Å²) < 4.78 is 12.0. The molecule has 0 unspecified atom stereocenters. The molecule has 0 atom stereocenters. The fraction of sp³-hybridized carbons (Fsp3) is 0.105. The van der Waals surface area contributed by atoms with Gasteiger partial charge >= 0.3 is 0 Å². The lowest BCUT2D eigenvalue weighted by atomic mass is 10.2. The molecule has 0 spiro atoms. The fourth-order valence-electron chi connectivity index (χ4n) is 2.53. The van der Waals surface area contributed by atoms with Crippen molar-refractivity contribution in [1.29, 1.82) is 0 Å². The molecule has 0 bridgehead atoms. The first-order chi connectivity index (χ1) is 12.5. The summed E-state index contributed by atoms with van der Waals surface area (Å²) in [7, 11) is 3.06. The molecule has 0 saturated carbocycles. The van der Waals surface area contributed by atoms with Crippen LogP contribution in [0.2, 0.25) is 5.02 Å². The molecule has 2 aromatic carbocycles. The Morgan fingerprint density at radius 2 is 1.85 bits per heavy atom. The van der Waals surface area contributed by atoms with E-state index in [1.165, 1.54) is 18.9 Å². The molecule has 0 aliphatic carbocycles. The van der Waals surface area contributed by atoms with E-state index in [1.807, 2.05) is 30.3 Å². The van der Waals surface area contributed by atoms with Crippen LogP contribution in [0.5, 0.6) is 11.5 Å². The lowest BCUT2D eigenvalue weighted by Crippen LogP contribution is -2.34. The largest absolute Gasteiger partial charge is 0.495 e. The smallest absolute Gasteiger partial charge is 0.280 e. The van der Waals surface area contributed by atoms with Crippen LogP contribution in [-0.2, 0) is 0 Å². The third-order valence-corrected chi connectivity index (χ3v) is 4.16. The SMILES string of the molecule is C=c1[nH]n(-c2ccccc2)c(=O)/c1=C\Nc1cc(OC)c(Cl)cc1OC. The zero-order valence-corrected chi connectivity index (χ0v) is 15.1. The Morgan fingerprint density at radius 1 is 1.15 bits per heavy atom. The van der Waals surface area contributed by atoms with Crippen molar-refractivity contribution in [2.45, 2.75) is 0 Å². The number of rotatable bonds is 5. The maximum Gasteiger partial charge on any atom is 0.280 e. The average molecular weight is 372 g/mol. The van der Waals surface area contributed by atoms with E-state index in [0.717, 1.165) is 5.69 Å². The maximum atomic E-state index is 12.7. The number of aromatic amines is 1. The lowest BCUT2D eigenvalue weighted by molar-refractivity contribution is 0.405. The number of ether oxygens (including phenoxy) is 2. The van der Waals surface area contributed by atoms with Gasteiger partial charge in [0.15, 0.2) is 0 Å². The summed E-state index contributed by atoms with van der Waals surface area (Å²) in [6, 6.07) is 12.6. The molecule has 0 fully saturated rings. The summed E-state index contributed by atoms with van der Waals surface area (Å²) in [6.07, 6.45) is 1.58. The van der Waals surface area contributed by atoms with Crippen LogP contribution in [0.3, 0.4) is 0 Å². The van der Waals surface area contributed by atoms with Gasteiger partial charge < -0.3 is 14.8 Å². The van der Waals surface area contributed by atoms with E-state index in [-0.39, 0.29) is 5.56 Å². The fourth-order valence-corrected chi connectivity index (χ4v) is 2.76. The van der Waals surface area contributed by atoms with Gasteiger partial charge in [0.25, 0.3) is 5.56 Å². The van der Waals surface area contributed by atoms with Crippen molar-refractivity contribution in [1.82, 2.24) is 9.78 Å². The van der Waals surface area contributed by atoms with Gasteiger partial charge in [-0.3, -0.25) is 9.89 Å². The summed E-state index contributed by atoms with van der Waals surface area (Å²) in [6.45, 7) is 3.91. The Kier molecular flexibility index (Phi) is 5.04. The molecule has 0 radical (unpaired) electrons. The number of aromatic nitrogens is 2. The predicted octanol–water partition coefficient (Wildman–Crippen LogP) is 2.10. The van der Waals surface area contributed by atoms with E-state index in [0.29, 0.717) is 32.8 Å². The van der Waals surface area contributed by atoms with Crippen molar-refractivity contribution in [3.8, 4) is 17.2 Å². The minimum Gasteiger partial charge on any atom is -0.495 e. The van der Waals surface area contributed by atoms with E-state index in [4.69, 9.17) is 21.1 Å². The normalized spacial score (nSPS) is 11.4. The lowest BCUT2D eigenvalue weighted by Gasteiger charge is -2.11. The van der Waals surface area contributed by atoms with Crippen LogP contribution >= 0.6 is 11.6 Å². The molecule has 0 aliphatic rings. The number of hydrogen-bond donors (Lipinski definition) is 2. The van der Waals surface area contributed by atoms with E-state index in [9.17, 15) is 4.79 Å². The number of para-hydroxylation sites is 1. The Hall–Kier alpha value is -3.12. The van der Waals surface area contributed by atoms with Gasteiger partial charge in [-0.2, -0.15) is 0 Å². The predicted molar refractivity (Wildman–Crippen MR) is 104 cm³/mol. The van der Waals surface area contributed by atoms with Gasteiger partial charge in [-0.25, -0.2) is 4.68 Å². The van der Waals surface area contributed by atoms with E-state index in [2.05, 4.69) is 17.0 Å². The van der Waals surface area contributed by atoms with Crippen LogP contribution in [0.4, 0.5) is 5.69 Å². The molecule has 3 aromatic rings. The van der Waals surface area contributed by atoms with E-state index >= 15 is 0 Å². The third kappa shape index (κ3) is 3.32. The van der Waals surface area contributed by atoms with Crippen molar-refractivity contribution in [3.63, 3.8) is 0 Å². The van der Waals surface area contributed by atoms with E-state index in [1.54, 1.807) is 18.3 Å². The number of anilines is 1. The van der Waals surface area contributed by atoms with Gasteiger partial charge in [-0.15, -0.1) is 0 Å². The zero-order valence-electron chi connectivity index (χ0n) is 14.4. The summed E-state index contributed by atoms with van der Waals surface area (Å²) >= 11 is 6.11. The number of H-pyrrole nitrogens is 1. The summed E-state index contributed by atoms with van der Waals surface area (Å²) in [4.78, 5) is 12.7. The number of benzene rings is 2. The number of methoxy groups -OCH3 is 2. The van der Waals surface area contributed by atoms with Crippen LogP contribution in [0.15, 0.2) is 47.3 Å². The first kappa shape index (κ1) is 17.7. The van der Waals surface area contributed by atoms with Gasteiger partial charge in [-0.1, -0.05) is 36.4 Å². The highest BCUT2D eigenvalue weighted by molar-refractivity contribution is 6.32. The monoisotopic (exact) mass is 371 g/mol. The van der Waals surface area contributed by atoms with Gasteiger partial charge in [0, 0.05) is 18.3 Å². The van der Waals surface area contributed by atoms with Crippen molar-refractivity contribution in [2.24, 2.45) is 0 Å². The van der Waals surface area contributed by atoms with Gasteiger partial charge in [0.2, 0.25) is 0 Å². The molecule has 0 aliphatic heterocycles. The number of nitrogens with zero attached hydrogens (tertiary/aromatic N) is 1. The Morgan fingerprint density at radius 3 is 2.50 bits per heavy atom. The summed E-state index contributed by atoms with van der Waals surface area (Å²) in [5, 5.41) is 7.37. The first-order valence-corrected chi connectivity index (χ1v) is 8.16. The van der Waals surface area contributed by atoms with Gasteiger partial charge in [-0.05, 0) is 12.1 Å². The highest BCUT2D eigenvalue weighted by atomic mass is 35.5. The van der Waals surface area contributed by atoms with Crippen molar-refractivity contribution in [2.75, 3.05) is 19.5 Å². The quantitative estimate of drug-likeness (QED) is 0.720. The Labute approximate surface area is 154 Å². The van der Waals surface area contributed by atoms with Crippen LogP contribution < -0.4 is 30.9 Å². The molecule has 2 N–H and O–H groups in total. The molecule has 1 aromatic heterocycles. The average Bonchev–Trinajstić information content (AvgIpc) is 2.95. The molecule has 134 valence electrons. The molecule has 0 saturated heterocycles.